The van der Waals surface area contributed by atoms with E-state index in [1.807, 2.05) is 41.7 Å². The number of rotatable bonds is 1. The topological polar surface area (TPSA) is 74.4 Å². The summed E-state index contributed by atoms with van der Waals surface area (Å²) in [6, 6.07) is 18.5. The van der Waals surface area contributed by atoms with Crippen molar-refractivity contribution in [2.24, 2.45) is 14.1 Å². The Kier molecular flexibility index (Phi) is 8.69. The number of fused-ring (bicyclic) bond motifs is 8. The number of methoxy groups -OCH3 is 1. The van der Waals surface area contributed by atoms with E-state index >= 15 is 0 Å². The molecule has 8 bridgehead atoms. The Morgan fingerprint density at radius 1 is 1.02 bits per heavy atom. The van der Waals surface area contributed by atoms with Gasteiger partial charge in [0.15, 0.2) is 0 Å². The number of ether oxygens (including phenoxy) is 2. The van der Waals surface area contributed by atoms with Gasteiger partial charge in [-0.3, -0.25) is 9.36 Å². The van der Waals surface area contributed by atoms with E-state index in [1.165, 1.54) is 12.8 Å². The van der Waals surface area contributed by atoms with Crippen LogP contribution in [0.15, 0.2) is 59.5 Å². The molecule has 2 aliphatic heterocycles. The maximum absolute atomic E-state index is 13.2. The predicted octanol–water partition coefficient (Wildman–Crippen LogP) is 7.35. The number of hydrogen-bond acceptors (Lipinski definition) is 8. The number of carbonyl (C=O) groups is 1. The Morgan fingerprint density at radius 3 is 2.72 bits per heavy atom. The van der Waals surface area contributed by atoms with Crippen molar-refractivity contribution in [1.29, 1.82) is 0 Å². The van der Waals surface area contributed by atoms with Gasteiger partial charge >= 0.3 is 5.97 Å². The van der Waals surface area contributed by atoms with Crippen molar-refractivity contribution in [2.45, 2.75) is 48.0 Å². The SMILES string of the molecule is COC(=O)C1Cc2c3ccc(Cl)c2-c2c(nn(C)c2C)CSCc2cc(n(C)n2)CSc2cc(c4ccccc4c2)OCCCN31. The highest BCUT2D eigenvalue weighted by Gasteiger charge is 2.38. The van der Waals surface area contributed by atoms with Crippen LogP contribution in [-0.4, -0.2) is 51.8 Å². The van der Waals surface area contributed by atoms with Crippen LogP contribution in [0, 0.1) is 6.92 Å². The zero-order valence-electron chi connectivity index (χ0n) is 26.4. The van der Waals surface area contributed by atoms with Crippen molar-refractivity contribution in [2.75, 3.05) is 25.2 Å². The van der Waals surface area contributed by atoms with Gasteiger partial charge in [0.25, 0.3) is 0 Å². The van der Waals surface area contributed by atoms with Gasteiger partial charge < -0.3 is 14.4 Å². The smallest absolute Gasteiger partial charge is 0.328 e. The first kappa shape index (κ1) is 31.0. The van der Waals surface area contributed by atoms with Gasteiger partial charge in [0.05, 0.1) is 25.1 Å². The summed E-state index contributed by atoms with van der Waals surface area (Å²) < 4.78 is 15.7. The molecule has 0 N–H and O–H groups in total. The lowest BCUT2D eigenvalue weighted by Crippen LogP contribution is -2.40. The Morgan fingerprint density at radius 2 is 1.87 bits per heavy atom. The van der Waals surface area contributed by atoms with Crippen molar-refractivity contribution < 1.29 is 14.3 Å². The molecule has 2 aliphatic rings. The van der Waals surface area contributed by atoms with Crippen LogP contribution in [0.1, 0.15) is 34.8 Å². The van der Waals surface area contributed by atoms with Gasteiger partial charge in [0.2, 0.25) is 0 Å². The van der Waals surface area contributed by atoms with Gasteiger partial charge in [0.1, 0.15) is 11.8 Å². The van der Waals surface area contributed by atoms with Crippen molar-refractivity contribution in [1.82, 2.24) is 19.6 Å². The standard InChI is InChI=1S/C35H36ClN5O3S2/c1-21-33-29(38-39(21)2)20-45-18-23-15-24(40(3)37-23)19-46-25-14-22-8-5-6-9-26(22)32(16-25)44-13-7-12-41-30-11-10-28(36)34(33)27(30)17-31(41)35(42)43-4/h5-6,8-11,14-16,31H,7,12-13,17-20H2,1-4H3. The van der Waals surface area contributed by atoms with E-state index in [9.17, 15) is 4.79 Å². The zero-order valence-corrected chi connectivity index (χ0v) is 28.8. The van der Waals surface area contributed by atoms with Crippen molar-refractivity contribution in [3.8, 4) is 16.9 Å². The summed E-state index contributed by atoms with van der Waals surface area (Å²) in [5, 5.41) is 12.6. The van der Waals surface area contributed by atoms with Crippen LogP contribution in [0.3, 0.4) is 0 Å². The molecule has 0 aliphatic carbocycles. The quantitative estimate of drug-likeness (QED) is 0.171. The second-order valence-corrected chi connectivity index (χ2v) is 14.2. The maximum atomic E-state index is 13.2. The molecule has 0 saturated carbocycles. The molecular formula is C35H36ClN5O3S2. The van der Waals surface area contributed by atoms with Crippen LogP contribution in [0.4, 0.5) is 5.69 Å². The molecule has 2 aromatic heterocycles. The molecule has 0 fully saturated rings. The number of nitrogens with zero attached hydrogens (tertiary/aromatic N) is 5. The summed E-state index contributed by atoms with van der Waals surface area (Å²) in [5.74, 6) is 2.89. The number of esters is 1. The van der Waals surface area contributed by atoms with E-state index in [0.717, 1.165) is 78.8 Å². The van der Waals surface area contributed by atoms with E-state index in [4.69, 9.17) is 31.3 Å². The molecule has 0 saturated heterocycles. The summed E-state index contributed by atoms with van der Waals surface area (Å²) >= 11 is 10.6. The largest absolute Gasteiger partial charge is 0.493 e. The van der Waals surface area contributed by atoms with E-state index < -0.39 is 6.04 Å². The van der Waals surface area contributed by atoms with Gasteiger partial charge in [-0.05, 0) is 54.6 Å². The molecule has 0 spiro atoms. The Bertz CT molecular complexity index is 1950. The molecular weight excluding hydrogens is 638 g/mol. The fraction of sp³-hybridized carbons (Fsp3) is 0.343. The molecule has 238 valence electrons. The number of halogens is 1. The van der Waals surface area contributed by atoms with Crippen LogP contribution >= 0.6 is 35.1 Å². The second-order valence-electron chi connectivity index (χ2n) is 11.8. The third-order valence-electron chi connectivity index (χ3n) is 8.95. The third kappa shape index (κ3) is 5.75. The highest BCUT2D eigenvalue weighted by Crippen LogP contribution is 2.46. The zero-order chi connectivity index (χ0) is 31.9. The maximum Gasteiger partial charge on any atom is 0.328 e. The van der Waals surface area contributed by atoms with Crippen LogP contribution in [0.2, 0.25) is 5.02 Å². The molecule has 8 nitrogen and oxygen atoms in total. The average molecular weight is 674 g/mol. The Balaban J connectivity index is 1.30. The van der Waals surface area contributed by atoms with Crippen molar-refractivity contribution in [3.05, 3.63) is 88.0 Å². The molecule has 4 heterocycles. The number of anilines is 1. The number of benzene rings is 3. The molecule has 5 aromatic rings. The van der Waals surface area contributed by atoms with E-state index in [2.05, 4.69) is 48.2 Å². The highest BCUT2D eigenvalue weighted by molar-refractivity contribution is 7.98. The van der Waals surface area contributed by atoms with Gasteiger partial charge in [-0.15, -0.1) is 23.5 Å². The molecule has 3 aromatic carbocycles. The molecule has 1 unspecified atom stereocenters. The molecule has 0 amide bonds. The lowest BCUT2D eigenvalue weighted by Gasteiger charge is -2.26. The number of carbonyl (C=O) groups excluding carboxylic acids is 1. The Hall–Kier alpha value is -3.60. The van der Waals surface area contributed by atoms with Crippen LogP contribution in [0.5, 0.6) is 5.75 Å². The molecule has 1 atom stereocenters. The minimum absolute atomic E-state index is 0.252. The normalized spacial score (nSPS) is 16.9. The summed E-state index contributed by atoms with van der Waals surface area (Å²) in [6.07, 6.45) is 1.24. The number of hydrogen-bond donors (Lipinski definition) is 0. The number of thioether (sulfide) groups is 2. The van der Waals surface area contributed by atoms with Gasteiger partial charge in [-0.2, -0.15) is 10.2 Å². The summed E-state index contributed by atoms with van der Waals surface area (Å²) in [4.78, 5) is 16.5. The average Bonchev–Trinajstić information content (AvgIpc) is 3.69. The molecule has 11 heteroatoms. The van der Waals surface area contributed by atoms with Gasteiger partial charge in [-0.1, -0.05) is 35.9 Å². The van der Waals surface area contributed by atoms with Crippen LogP contribution < -0.4 is 9.64 Å². The van der Waals surface area contributed by atoms with E-state index in [1.54, 1.807) is 23.5 Å². The van der Waals surface area contributed by atoms with Crippen LogP contribution in [0.25, 0.3) is 21.9 Å². The Labute approximate surface area is 282 Å². The lowest BCUT2D eigenvalue weighted by atomic mass is 9.95. The minimum atomic E-state index is -0.441. The van der Waals surface area contributed by atoms with Crippen molar-refractivity contribution in [3.63, 3.8) is 0 Å². The monoisotopic (exact) mass is 673 g/mol. The molecule has 0 radical (unpaired) electrons. The first-order chi connectivity index (χ1) is 22.3. The van der Waals surface area contributed by atoms with Crippen molar-refractivity contribution >= 4 is 57.6 Å². The lowest BCUT2D eigenvalue weighted by molar-refractivity contribution is -0.142. The third-order valence-corrected chi connectivity index (χ3v) is 11.3. The predicted molar refractivity (Wildman–Crippen MR) is 187 cm³/mol. The minimum Gasteiger partial charge on any atom is -0.493 e. The van der Waals surface area contributed by atoms with Gasteiger partial charge in [0, 0.05) is 87.8 Å². The first-order valence-corrected chi connectivity index (χ1v) is 17.9. The first-order valence-electron chi connectivity index (χ1n) is 15.4. The van der Waals surface area contributed by atoms with Crippen LogP contribution in [-0.2, 0) is 47.3 Å². The second kappa shape index (κ2) is 12.9. The van der Waals surface area contributed by atoms with E-state index in [-0.39, 0.29) is 5.97 Å². The van der Waals surface area contributed by atoms with Gasteiger partial charge in [-0.25, -0.2) is 4.79 Å². The summed E-state index contributed by atoms with van der Waals surface area (Å²) in [5.41, 5.74) is 8.30. The highest BCUT2D eigenvalue weighted by atomic mass is 35.5. The number of aryl methyl sites for hydroxylation is 2. The summed E-state index contributed by atoms with van der Waals surface area (Å²) in [6.45, 7) is 3.22. The fourth-order valence-electron chi connectivity index (χ4n) is 6.61. The number of aromatic nitrogens is 4. The summed E-state index contributed by atoms with van der Waals surface area (Å²) in [7, 11) is 5.44. The molecule has 46 heavy (non-hydrogen) atoms. The fourth-order valence-corrected chi connectivity index (χ4v) is 8.71. The van der Waals surface area contributed by atoms with E-state index in [0.29, 0.717) is 30.3 Å². The molecule has 7 rings (SSSR count).